The Kier molecular flexibility index (Phi) is 4.94. The number of rotatable bonds is 4. The Hall–Kier alpha value is -0.570. The van der Waals surface area contributed by atoms with Crippen LogP contribution in [-0.2, 0) is 4.79 Å². The zero-order valence-corrected chi connectivity index (χ0v) is 9.38. The van der Waals surface area contributed by atoms with Crippen LogP contribution in [0.5, 0.6) is 0 Å². The molecule has 0 atom stereocenters. The fourth-order valence-electron chi connectivity index (χ4n) is 1.91. The molecule has 0 radical (unpaired) electrons. The number of carbonyl (C=O) groups excluding carboxylic acids is 1. The molecule has 0 aromatic heterocycles. The van der Waals surface area contributed by atoms with Gasteiger partial charge >= 0.3 is 0 Å². The molecule has 0 heterocycles. The Morgan fingerprint density at radius 3 is 2.50 bits per heavy atom. The number of hydrogen-bond acceptors (Lipinski definition) is 2. The molecular formula is C11H22N2O. The van der Waals surface area contributed by atoms with Crippen LogP contribution in [0.4, 0.5) is 0 Å². The fraction of sp³-hybridized carbons (Fsp3) is 0.909. The highest BCUT2D eigenvalue weighted by Gasteiger charge is 2.20. The van der Waals surface area contributed by atoms with E-state index < -0.39 is 0 Å². The van der Waals surface area contributed by atoms with E-state index in [1.54, 1.807) is 0 Å². The van der Waals surface area contributed by atoms with Gasteiger partial charge in [0.1, 0.15) is 0 Å². The zero-order valence-electron chi connectivity index (χ0n) is 9.38. The lowest BCUT2D eigenvalue weighted by Crippen LogP contribution is -2.36. The van der Waals surface area contributed by atoms with E-state index in [1.807, 2.05) is 14.1 Å². The van der Waals surface area contributed by atoms with E-state index in [2.05, 4.69) is 10.2 Å². The Bertz CT molecular complexity index is 174. The Labute approximate surface area is 86.9 Å². The van der Waals surface area contributed by atoms with Crippen molar-refractivity contribution in [2.24, 2.45) is 5.92 Å². The van der Waals surface area contributed by atoms with Crippen molar-refractivity contribution >= 4 is 5.91 Å². The van der Waals surface area contributed by atoms with Gasteiger partial charge in [-0.05, 0) is 26.9 Å². The van der Waals surface area contributed by atoms with Gasteiger partial charge in [0.15, 0.2) is 0 Å². The van der Waals surface area contributed by atoms with Crippen molar-refractivity contribution in [3.63, 3.8) is 0 Å². The molecule has 1 aliphatic carbocycles. The van der Waals surface area contributed by atoms with Gasteiger partial charge in [-0.15, -0.1) is 0 Å². The maximum Gasteiger partial charge on any atom is 0.223 e. The summed E-state index contributed by atoms with van der Waals surface area (Å²) in [6.45, 7) is 1.71. The molecule has 1 N–H and O–H groups in total. The maximum absolute atomic E-state index is 11.6. The summed E-state index contributed by atoms with van der Waals surface area (Å²) in [5, 5.41) is 3.00. The van der Waals surface area contributed by atoms with E-state index in [0.717, 1.165) is 25.9 Å². The topological polar surface area (TPSA) is 32.3 Å². The van der Waals surface area contributed by atoms with Crippen molar-refractivity contribution in [2.45, 2.75) is 32.1 Å². The first-order valence-electron chi connectivity index (χ1n) is 5.62. The number of carbonyl (C=O) groups is 1. The van der Waals surface area contributed by atoms with Gasteiger partial charge in [-0.2, -0.15) is 0 Å². The third-order valence-corrected chi connectivity index (χ3v) is 2.83. The third-order valence-electron chi connectivity index (χ3n) is 2.83. The molecule has 0 unspecified atom stereocenters. The van der Waals surface area contributed by atoms with Crippen LogP contribution in [0, 0.1) is 5.92 Å². The van der Waals surface area contributed by atoms with E-state index in [0.29, 0.717) is 5.92 Å². The molecule has 14 heavy (non-hydrogen) atoms. The first-order chi connectivity index (χ1) is 6.70. The Balaban J connectivity index is 2.13. The van der Waals surface area contributed by atoms with Gasteiger partial charge in [0.25, 0.3) is 0 Å². The highest BCUT2D eigenvalue weighted by molar-refractivity contribution is 5.78. The molecule has 0 aromatic carbocycles. The molecule has 1 rings (SSSR count). The molecule has 1 saturated carbocycles. The summed E-state index contributed by atoms with van der Waals surface area (Å²) in [7, 11) is 4.04. The van der Waals surface area contributed by atoms with Crippen molar-refractivity contribution in [1.82, 2.24) is 10.2 Å². The number of amides is 1. The van der Waals surface area contributed by atoms with Crippen LogP contribution >= 0.6 is 0 Å². The second-order valence-electron chi connectivity index (χ2n) is 4.43. The first-order valence-corrected chi connectivity index (χ1v) is 5.62. The molecule has 0 saturated heterocycles. The van der Waals surface area contributed by atoms with Gasteiger partial charge in [0.2, 0.25) is 5.91 Å². The molecule has 3 heteroatoms. The van der Waals surface area contributed by atoms with Crippen LogP contribution in [0.2, 0.25) is 0 Å². The summed E-state index contributed by atoms with van der Waals surface area (Å²) in [5.74, 6) is 0.567. The minimum atomic E-state index is 0.270. The molecule has 1 aliphatic rings. The van der Waals surface area contributed by atoms with Gasteiger partial charge < -0.3 is 10.2 Å². The van der Waals surface area contributed by atoms with Crippen molar-refractivity contribution in [3.05, 3.63) is 0 Å². The highest BCUT2D eigenvalue weighted by atomic mass is 16.1. The van der Waals surface area contributed by atoms with Gasteiger partial charge in [-0.25, -0.2) is 0 Å². The van der Waals surface area contributed by atoms with Crippen molar-refractivity contribution in [3.8, 4) is 0 Å². The Morgan fingerprint density at radius 1 is 1.29 bits per heavy atom. The van der Waals surface area contributed by atoms with E-state index >= 15 is 0 Å². The average Bonchev–Trinajstić information content (AvgIpc) is 2.18. The summed E-state index contributed by atoms with van der Waals surface area (Å²) in [6, 6.07) is 0. The number of nitrogens with one attached hydrogen (secondary N) is 1. The standard InChI is InChI=1S/C11H22N2O/c1-13(2)9-8-12-11(14)10-6-4-3-5-7-10/h10H,3-9H2,1-2H3,(H,12,14). The lowest BCUT2D eigenvalue weighted by Gasteiger charge is -2.21. The van der Waals surface area contributed by atoms with Crippen molar-refractivity contribution in [2.75, 3.05) is 27.2 Å². The molecular weight excluding hydrogens is 176 g/mol. The minimum Gasteiger partial charge on any atom is -0.355 e. The predicted molar refractivity (Wildman–Crippen MR) is 58.1 cm³/mol. The third kappa shape index (κ3) is 4.09. The molecule has 0 aromatic rings. The second kappa shape index (κ2) is 6.02. The Morgan fingerprint density at radius 2 is 1.93 bits per heavy atom. The quantitative estimate of drug-likeness (QED) is 0.737. The van der Waals surface area contributed by atoms with Crippen LogP contribution in [0.3, 0.4) is 0 Å². The molecule has 0 spiro atoms. The predicted octanol–water partition coefficient (Wildman–Crippen LogP) is 1.24. The molecule has 3 nitrogen and oxygen atoms in total. The SMILES string of the molecule is CN(C)CCNC(=O)C1CCCCC1. The van der Waals surface area contributed by atoms with Crippen LogP contribution in [-0.4, -0.2) is 38.0 Å². The smallest absolute Gasteiger partial charge is 0.223 e. The summed E-state index contributed by atoms with van der Waals surface area (Å²) < 4.78 is 0. The first kappa shape index (κ1) is 11.5. The normalized spacial score (nSPS) is 18.5. The van der Waals surface area contributed by atoms with Crippen molar-refractivity contribution < 1.29 is 4.79 Å². The van der Waals surface area contributed by atoms with E-state index in [9.17, 15) is 4.79 Å². The molecule has 82 valence electrons. The van der Waals surface area contributed by atoms with Gasteiger partial charge in [0, 0.05) is 19.0 Å². The number of likely N-dealkylation sites (N-methyl/N-ethyl adjacent to an activating group) is 1. The van der Waals surface area contributed by atoms with E-state index in [1.165, 1.54) is 19.3 Å². The summed E-state index contributed by atoms with van der Waals surface area (Å²) >= 11 is 0. The second-order valence-corrected chi connectivity index (χ2v) is 4.43. The molecule has 0 aliphatic heterocycles. The number of hydrogen-bond donors (Lipinski definition) is 1. The van der Waals surface area contributed by atoms with Crippen molar-refractivity contribution in [1.29, 1.82) is 0 Å². The fourth-order valence-corrected chi connectivity index (χ4v) is 1.91. The lowest BCUT2D eigenvalue weighted by molar-refractivity contribution is -0.125. The van der Waals surface area contributed by atoms with Gasteiger partial charge in [-0.1, -0.05) is 19.3 Å². The number of nitrogens with zero attached hydrogens (tertiary/aromatic N) is 1. The molecule has 1 fully saturated rings. The van der Waals surface area contributed by atoms with Crippen LogP contribution in [0.15, 0.2) is 0 Å². The highest BCUT2D eigenvalue weighted by Crippen LogP contribution is 2.23. The summed E-state index contributed by atoms with van der Waals surface area (Å²) in [4.78, 5) is 13.7. The van der Waals surface area contributed by atoms with Crippen LogP contribution in [0.25, 0.3) is 0 Å². The van der Waals surface area contributed by atoms with E-state index in [-0.39, 0.29) is 5.91 Å². The minimum absolute atomic E-state index is 0.270. The van der Waals surface area contributed by atoms with Crippen LogP contribution < -0.4 is 5.32 Å². The van der Waals surface area contributed by atoms with Crippen LogP contribution in [0.1, 0.15) is 32.1 Å². The average molecular weight is 198 g/mol. The molecule has 0 bridgehead atoms. The monoisotopic (exact) mass is 198 g/mol. The lowest BCUT2D eigenvalue weighted by atomic mass is 9.89. The van der Waals surface area contributed by atoms with E-state index in [4.69, 9.17) is 0 Å². The summed E-state index contributed by atoms with van der Waals surface area (Å²) in [5.41, 5.74) is 0. The van der Waals surface area contributed by atoms with Gasteiger partial charge in [-0.3, -0.25) is 4.79 Å². The summed E-state index contributed by atoms with van der Waals surface area (Å²) in [6.07, 6.45) is 5.95. The maximum atomic E-state index is 11.6. The van der Waals surface area contributed by atoms with Gasteiger partial charge in [0.05, 0.1) is 0 Å². The largest absolute Gasteiger partial charge is 0.355 e. The molecule has 1 amide bonds. The zero-order chi connectivity index (χ0) is 10.4.